The molecule has 1 aromatic heterocycles. The molecule has 4 rings (SSSR count). The van der Waals surface area contributed by atoms with Gasteiger partial charge in [0.1, 0.15) is 5.69 Å². The highest BCUT2D eigenvalue weighted by Crippen LogP contribution is 2.23. The van der Waals surface area contributed by atoms with Crippen molar-refractivity contribution >= 4 is 27.7 Å². The topological polar surface area (TPSA) is 71.3 Å². The van der Waals surface area contributed by atoms with Crippen molar-refractivity contribution in [2.45, 2.75) is 25.4 Å². The van der Waals surface area contributed by atoms with E-state index in [1.807, 2.05) is 35.4 Å². The van der Waals surface area contributed by atoms with Crippen LogP contribution < -0.4 is 0 Å². The second-order valence-electron chi connectivity index (χ2n) is 6.48. The number of carbonyl (C=O) groups excluding carboxylic acids is 2. The van der Waals surface area contributed by atoms with Gasteiger partial charge >= 0.3 is 0 Å². The zero-order chi connectivity index (χ0) is 17.4. The summed E-state index contributed by atoms with van der Waals surface area (Å²) in [5.41, 5.74) is 1.49. The van der Waals surface area contributed by atoms with Gasteiger partial charge in [-0.15, -0.1) is 5.10 Å². The fourth-order valence-corrected chi connectivity index (χ4v) is 3.46. The van der Waals surface area contributed by atoms with Crippen molar-refractivity contribution in [1.82, 2.24) is 24.8 Å². The Balaban J connectivity index is 1.34. The van der Waals surface area contributed by atoms with E-state index in [4.69, 9.17) is 0 Å². The number of nitrogens with zero attached hydrogens (tertiary/aromatic N) is 5. The van der Waals surface area contributed by atoms with E-state index in [2.05, 4.69) is 26.2 Å². The Morgan fingerprint density at radius 2 is 2.00 bits per heavy atom. The smallest absolute Gasteiger partial charge is 0.254 e. The van der Waals surface area contributed by atoms with Crippen LogP contribution in [0.25, 0.3) is 0 Å². The number of benzene rings is 1. The molecule has 0 spiro atoms. The van der Waals surface area contributed by atoms with Crippen molar-refractivity contribution in [2.75, 3.05) is 19.6 Å². The summed E-state index contributed by atoms with van der Waals surface area (Å²) < 4.78 is 2.76. The first-order chi connectivity index (χ1) is 12.1. The van der Waals surface area contributed by atoms with Gasteiger partial charge in [0.15, 0.2) is 0 Å². The van der Waals surface area contributed by atoms with E-state index in [1.165, 1.54) is 0 Å². The van der Waals surface area contributed by atoms with Crippen LogP contribution in [0.15, 0.2) is 34.9 Å². The maximum atomic E-state index is 12.4. The summed E-state index contributed by atoms with van der Waals surface area (Å²) in [6, 6.07) is 7.53. The molecule has 0 radical (unpaired) electrons. The van der Waals surface area contributed by atoms with E-state index >= 15 is 0 Å². The van der Waals surface area contributed by atoms with Gasteiger partial charge < -0.3 is 9.80 Å². The monoisotopic (exact) mass is 403 g/mol. The number of likely N-dealkylation sites (tertiary alicyclic amines) is 2. The number of halogens is 1. The Hall–Kier alpha value is -2.22. The van der Waals surface area contributed by atoms with Crippen molar-refractivity contribution < 1.29 is 9.59 Å². The third-order valence-corrected chi connectivity index (χ3v) is 5.23. The molecule has 2 saturated heterocycles. The van der Waals surface area contributed by atoms with Gasteiger partial charge in [-0.3, -0.25) is 9.59 Å². The fraction of sp³-hybridized carbons (Fsp3) is 0.412. The average Bonchev–Trinajstić information content (AvgIpc) is 3.17. The molecule has 25 heavy (non-hydrogen) atoms. The zero-order valence-electron chi connectivity index (χ0n) is 13.6. The fourth-order valence-electron chi connectivity index (χ4n) is 3.19. The highest BCUT2D eigenvalue weighted by Gasteiger charge is 2.33. The maximum Gasteiger partial charge on any atom is 0.254 e. The summed E-state index contributed by atoms with van der Waals surface area (Å²) in [5.74, 6) is 0.219. The number of rotatable bonds is 4. The van der Waals surface area contributed by atoms with Gasteiger partial charge in [0.2, 0.25) is 5.91 Å². The first kappa shape index (κ1) is 16.3. The Labute approximate surface area is 153 Å². The Morgan fingerprint density at radius 1 is 1.24 bits per heavy atom. The van der Waals surface area contributed by atoms with Gasteiger partial charge in [-0.05, 0) is 30.7 Å². The summed E-state index contributed by atoms with van der Waals surface area (Å²) in [6.07, 6.45) is 3.43. The molecule has 2 fully saturated rings. The van der Waals surface area contributed by atoms with Gasteiger partial charge in [0.05, 0.1) is 18.8 Å². The van der Waals surface area contributed by atoms with E-state index < -0.39 is 0 Å². The van der Waals surface area contributed by atoms with Crippen LogP contribution in [0.2, 0.25) is 0 Å². The average molecular weight is 404 g/mol. The van der Waals surface area contributed by atoms with E-state index in [0.29, 0.717) is 31.6 Å². The molecular formula is C17H18BrN5O2. The Bertz CT molecular complexity index is 798. The van der Waals surface area contributed by atoms with Crippen LogP contribution in [0.3, 0.4) is 0 Å². The van der Waals surface area contributed by atoms with E-state index in [1.54, 1.807) is 9.58 Å². The zero-order valence-corrected chi connectivity index (χ0v) is 15.2. The standard InChI is InChI=1S/C17H18BrN5O2/c18-13-5-3-12(4-6-13)17(25)22-10-15(11-22)23-9-14(19-20-23)8-21-7-1-2-16(21)24/h3-6,9,15H,1-2,7-8,10-11H2. The van der Waals surface area contributed by atoms with Gasteiger partial charge in [-0.2, -0.15) is 0 Å². The van der Waals surface area contributed by atoms with Crippen molar-refractivity contribution in [3.05, 3.63) is 46.2 Å². The summed E-state index contributed by atoms with van der Waals surface area (Å²) in [4.78, 5) is 27.7. The lowest BCUT2D eigenvalue weighted by Gasteiger charge is -2.38. The number of carbonyl (C=O) groups is 2. The van der Waals surface area contributed by atoms with Crippen molar-refractivity contribution in [1.29, 1.82) is 0 Å². The number of amides is 2. The second kappa shape index (κ2) is 6.59. The van der Waals surface area contributed by atoms with E-state index in [0.717, 1.165) is 23.1 Å². The molecule has 1 aromatic carbocycles. The van der Waals surface area contributed by atoms with Gasteiger partial charge in [0, 0.05) is 36.1 Å². The summed E-state index contributed by atoms with van der Waals surface area (Å²) in [7, 11) is 0. The molecule has 2 amide bonds. The summed E-state index contributed by atoms with van der Waals surface area (Å²) in [5, 5.41) is 8.33. The molecule has 0 aliphatic carbocycles. The van der Waals surface area contributed by atoms with Gasteiger partial charge in [-0.25, -0.2) is 4.68 Å². The van der Waals surface area contributed by atoms with Crippen molar-refractivity contribution in [2.24, 2.45) is 0 Å². The van der Waals surface area contributed by atoms with Gasteiger partial charge in [0.25, 0.3) is 5.91 Å². The van der Waals surface area contributed by atoms with Crippen LogP contribution in [0.1, 0.15) is 34.9 Å². The van der Waals surface area contributed by atoms with Crippen molar-refractivity contribution in [3.63, 3.8) is 0 Å². The number of hydrogen-bond acceptors (Lipinski definition) is 4. The van der Waals surface area contributed by atoms with E-state index in [9.17, 15) is 9.59 Å². The predicted octanol–water partition coefficient (Wildman–Crippen LogP) is 1.86. The maximum absolute atomic E-state index is 12.4. The molecule has 0 bridgehead atoms. The summed E-state index contributed by atoms with van der Waals surface area (Å²) in [6.45, 7) is 2.57. The molecule has 2 aromatic rings. The minimum Gasteiger partial charge on any atom is -0.337 e. The first-order valence-corrected chi connectivity index (χ1v) is 9.13. The molecule has 2 aliphatic heterocycles. The third-order valence-electron chi connectivity index (χ3n) is 4.70. The lowest BCUT2D eigenvalue weighted by molar-refractivity contribution is -0.128. The van der Waals surface area contributed by atoms with E-state index in [-0.39, 0.29) is 17.9 Å². The largest absolute Gasteiger partial charge is 0.337 e. The normalized spacial score (nSPS) is 17.9. The van der Waals surface area contributed by atoms with Crippen LogP contribution in [0.5, 0.6) is 0 Å². The minimum atomic E-state index is 0.0340. The molecule has 3 heterocycles. The molecule has 7 nitrogen and oxygen atoms in total. The predicted molar refractivity (Wildman–Crippen MR) is 93.8 cm³/mol. The molecule has 2 aliphatic rings. The highest BCUT2D eigenvalue weighted by molar-refractivity contribution is 9.10. The lowest BCUT2D eigenvalue weighted by Crippen LogP contribution is -2.50. The van der Waals surface area contributed by atoms with Crippen LogP contribution in [-0.4, -0.2) is 56.2 Å². The molecule has 8 heteroatoms. The minimum absolute atomic E-state index is 0.0340. The van der Waals surface area contributed by atoms with Crippen LogP contribution in [0.4, 0.5) is 0 Å². The van der Waals surface area contributed by atoms with Crippen molar-refractivity contribution in [3.8, 4) is 0 Å². The third kappa shape index (κ3) is 3.30. The van der Waals surface area contributed by atoms with Crippen LogP contribution >= 0.6 is 15.9 Å². The van der Waals surface area contributed by atoms with Gasteiger partial charge in [-0.1, -0.05) is 21.1 Å². The first-order valence-electron chi connectivity index (χ1n) is 8.33. The molecular weight excluding hydrogens is 386 g/mol. The molecule has 130 valence electrons. The van der Waals surface area contributed by atoms with Crippen LogP contribution in [0, 0.1) is 0 Å². The molecule has 0 N–H and O–H groups in total. The van der Waals surface area contributed by atoms with Crippen LogP contribution in [-0.2, 0) is 11.3 Å². The Morgan fingerprint density at radius 3 is 2.68 bits per heavy atom. The molecule has 0 atom stereocenters. The lowest BCUT2D eigenvalue weighted by atomic mass is 10.1. The number of hydrogen-bond donors (Lipinski definition) is 0. The Kier molecular flexibility index (Phi) is 4.29. The quantitative estimate of drug-likeness (QED) is 0.780. The SMILES string of the molecule is O=C1CCCN1Cc1cn(C2CN(C(=O)c3ccc(Br)cc3)C2)nn1. The second-order valence-corrected chi connectivity index (χ2v) is 7.40. The number of aromatic nitrogens is 3. The molecule has 0 saturated carbocycles. The summed E-state index contributed by atoms with van der Waals surface area (Å²) >= 11 is 3.37. The molecule has 0 unspecified atom stereocenters. The highest BCUT2D eigenvalue weighted by atomic mass is 79.9.